The van der Waals surface area contributed by atoms with E-state index in [0.717, 1.165) is 22.4 Å². The molecule has 0 spiro atoms. The van der Waals surface area contributed by atoms with Gasteiger partial charge in [-0.05, 0) is 38.5 Å². The molecule has 6 N–H and O–H groups in total. The van der Waals surface area contributed by atoms with Crippen LogP contribution in [0.1, 0.15) is 45.6 Å². The van der Waals surface area contributed by atoms with Crippen molar-refractivity contribution in [3.63, 3.8) is 0 Å². The standard InChI is InChI=1S/C25H34F3N4O9PS.CH4/c1-23(2,14-33)21(35)43-11-10-39-42(38,30-12-15-6-4-5-7-16(15)25(26,27)28)40-13-17-19(34)24(3,37)20(41-17)32-9-8-18(29)31-22(32)36;/h4-9,17,19-20,33-34,37H,10-14H2,1-3H3,(H,30,38)(H2,29,31,36);1H4/t17-,19-,20-,24-,42?;/m1./s1. The topological polar surface area (TPSA) is 195 Å². The number of nitrogen functional groups attached to an aromatic ring is 1. The minimum Gasteiger partial charge on any atom is -0.395 e. The third-order valence-corrected chi connectivity index (χ3v) is 9.32. The number of benzene rings is 1. The molecule has 0 radical (unpaired) electrons. The Hall–Kier alpha value is -2.34. The Morgan fingerprint density at radius 3 is 2.55 bits per heavy atom. The molecular weight excluding hydrogens is 632 g/mol. The summed E-state index contributed by atoms with van der Waals surface area (Å²) in [6.45, 7) is 2.19. The van der Waals surface area contributed by atoms with Crippen molar-refractivity contribution < 1.29 is 51.6 Å². The molecule has 1 aliphatic rings. The molecule has 2 aromatic rings. The summed E-state index contributed by atoms with van der Waals surface area (Å²) in [4.78, 5) is 28.1. The maximum atomic E-state index is 13.7. The average molecular weight is 671 g/mol. The minimum atomic E-state index is -4.70. The number of anilines is 1. The number of aliphatic hydroxyl groups is 3. The Bertz CT molecular complexity index is 1390. The Morgan fingerprint density at radius 2 is 1.93 bits per heavy atom. The number of aromatic nitrogens is 2. The van der Waals surface area contributed by atoms with Gasteiger partial charge in [-0.1, -0.05) is 37.4 Å². The summed E-state index contributed by atoms with van der Waals surface area (Å²) in [5, 5.41) is 33.0. The molecule has 1 aliphatic heterocycles. The van der Waals surface area contributed by atoms with Crippen molar-refractivity contribution in [1.29, 1.82) is 0 Å². The van der Waals surface area contributed by atoms with Gasteiger partial charge in [0.1, 0.15) is 23.6 Å². The first-order valence-corrected chi connectivity index (χ1v) is 15.4. The lowest BCUT2D eigenvalue weighted by Crippen LogP contribution is -2.46. The second-order valence-electron chi connectivity index (χ2n) is 10.5. The van der Waals surface area contributed by atoms with Gasteiger partial charge in [0.2, 0.25) is 0 Å². The van der Waals surface area contributed by atoms with Gasteiger partial charge in [-0.3, -0.25) is 18.4 Å². The van der Waals surface area contributed by atoms with Crippen LogP contribution in [0, 0.1) is 5.41 Å². The number of nitrogens with two attached hydrogens (primary N) is 1. The van der Waals surface area contributed by atoms with Crippen molar-refractivity contribution in [3.05, 3.63) is 58.1 Å². The van der Waals surface area contributed by atoms with E-state index in [1.807, 2.05) is 0 Å². The number of halogens is 3. The fourth-order valence-corrected chi connectivity index (χ4v) is 6.19. The molecule has 0 amide bonds. The Balaban J connectivity index is 0.00000675. The maximum absolute atomic E-state index is 13.7. The number of hydrogen-bond donors (Lipinski definition) is 5. The van der Waals surface area contributed by atoms with Gasteiger partial charge in [0.25, 0.3) is 0 Å². The zero-order chi connectivity index (χ0) is 32.2. The highest BCUT2D eigenvalue weighted by molar-refractivity contribution is 8.13. The van der Waals surface area contributed by atoms with Crippen LogP contribution in [0.25, 0.3) is 0 Å². The smallest absolute Gasteiger partial charge is 0.395 e. The van der Waals surface area contributed by atoms with Crippen LogP contribution in [0.3, 0.4) is 0 Å². The number of rotatable bonds is 13. The fraction of sp³-hybridized carbons (Fsp3) is 0.577. The number of nitrogens with one attached hydrogen (secondary N) is 1. The first kappa shape index (κ1) is 37.8. The normalized spacial score (nSPS) is 23.6. The highest BCUT2D eigenvalue weighted by Gasteiger charge is 2.54. The fourth-order valence-electron chi connectivity index (χ4n) is 3.97. The van der Waals surface area contributed by atoms with Crippen LogP contribution in [-0.2, 0) is 35.9 Å². The number of nitrogens with zero attached hydrogens (tertiary/aromatic N) is 2. The van der Waals surface area contributed by atoms with Gasteiger partial charge in [-0.15, -0.1) is 0 Å². The van der Waals surface area contributed by atoms with Gasteiger partial charge in [0.05, 0.1) is 30.8 Å². The molecule has 3 rings (SSSR count). The molecule has 13 nitrogen and oxygen atoms in total. The number of alkyl halides is 3. The van der Waals surface area contributed by atoms with Gasteiger partial charge in [-0.2, -0.15) is 18.2 Å². The summed E-state index contributed by atoms with van der Waals surface area (Å²) in [6, 6.07) is 5.86. The van der Waals surface area contributed by atoms with E-state index >= 15 is 0 Å². The zero-order valence-corrected chi connectivity index (χ0v) is 25.2. The van der Waals surface area contributed by atoms with E-state index in [1.165, 1.54) is 51.2 Å². The molecule has 2 heterocycles. The lowest BCUT2D eigenvalue weighted by atomic mass is 9.96. The van der Waals surface area contributed by atoms with Gasteiger partial charge >= 0.3 is 19.6 Å². The second-order valence-corrected chi connectivity index (χ2v) is 13.4. The summed E-state index contributed by atoms with van der Waals surface area (Å²) in [7, 11) is -4.45. The van der Waals surface area contributed by atoms with E-state index < -0.39 is 74.4 Å². The van der Waals surface area contributed by atoms with E-state index in [-0.39, 0.29) is 36.3 Å². The van der Waals surface area contributed by atoms with Crippen LogP contribution in [0.15, 0.2) is 41.3 Å². The Labute approximate surface area is 256 Å². The first-order valence-electron chi connectivity index (χ1n) is 12.9. The van der Waals surface area contributed by atoms with Crippen LogP contribution in [0.2, 0.25) is 0 Å². The third-order valence-electron chi connectivity index (χ3n) is 6.58. The summed E-state index contributed by atoms with van der Waals surface area (Å²) in [6.07, 6.45) is -8.02. The highest BCUT2D eigenvalue weighted by atomic mass is 32.2. The van der Waals surface area contributed by atoms with Gasteiger partial charge in [-0.25, -0.2) is 14.4 Å². The van der Waals surface area contributed by atoms with Crippen molar-refractivity contribution >= 4 is 30.4 Å². The number of ether oxygens (including phenoxy) is 1. The molecule has 0 aliphatic carbocycles. The van der Waals surface area contributed by atoms with Crippen LogP contribution in [-0.4, -0.2) is 73.4 Å². The summed E-state index contributed by atoms with van der Waals surface area (Å²) < 4.78 is 71.5. The number of thioether (sulfide) groups is 1. The van der Waals surface area contributed by atoms with Gasteiger partial charge in [0.15, 0.2) is 11.3 Å². The van der Waals surface area contributed by atoms with E-state index in [1.54, 1.807) is 0 Å². The largest absolute Gasteiger partial charge is 0.416 e. The molecular formula is C26H38F3N4O9PS. The third kappa shape index (κ3) is 9.11. The minimum absolute atomic E-state index is 0. The quantitative estimate of drug-likeness (QED) is 0.154. The summed E-state index contributed by atoms with van der Waals surface area (Å²) >= 11 is 0.791. The van der Waals surface area contributed by atoms with Crippen molar-refractivity contribution in [2.45, 2.75) is 65.0 Å². The van der Waals surface area contributed by atoms with Crippen LogP contribution in [0.4, 0.5) is 19.0 Å². The maximum Gasteiger partial charge on any atom is 0.416 e. The lowest BCUT2D eigenvalue weighted by molar-refractivity contribution is -0.138. The van der Waals surface area contributed by atoms with Gasteiger partial charge in [0, 0.05) is 18.5 Å². The summed E-state index contributed by atoms with van der Waals surface area (Å²) in [5.41, 5.74) is 0.282. The van der Waals surface area contributed by atoms with Crippen LogP contribution >= 0.6 is 19.5 Å². The predicted molar refractivity (Wildman–Crippen MR) is 156 cm³/mol. The Kier molecular flexibility index (Phi) is 12.8. The number of hydrogen-bond acceptors (Lipinski definition) is 12. The van der Waals surface area contributed by atoms with E-state index in [0.29, 0.717) is 0 Å². The van der Waals surface area contributed by atoms with Crippen molar-refractivity contribution in [2.24, 2.45) is 5.41 Å². The van der Waals surface area contributed by atoms with Crippen LogP contribution < -0.4 is 16.5 Å². The second kappa shape index (κ2) is 14.8. The van der Waals surface area contributed by atoms with Crippen molar-refractivity contribution in [3.8, 4) is 0 Å². The lowest BCUT2D eigenvalue weighted by Gasteiger charge is -2.27. The van der Waals surface area contributed by atoms with E-state index in [4.69, 9.17) is 19.5 Å². The first-order chi connectivity index (χ1) is 19.9. The molecule has 0 saturated carbocycles. The molecule has 44 heavy (non-hydrogen) atoms. The monoisotopic (exact) mass is 670 g/mol. The number of carbonyl (C=O) groups is 1. The van der Waals surface area contributed by atoms with Gasteiger partial charge < -0.3 is 25.8 Å². The van der Waals surface area contributed by atoms with E-state index in [2.05, 4.69) is 10.1 Å². The molecule has 248 valence electrons. The van der Waals surface area contributed by atoms with Crippen LogP contribution in [0.5, 0.6) is 0 Å². The van der Waals surface area contributed by atoms with Crippen molar-refractivity contribution in [1.82, 2.24) is 14.6 Å². The summed E-state index contributed by atoms with van der Waals surface area (Å²) in [5.74, 6) is -0.126. The highest BCUT2D eigenvalue weighted by Crippen LogP contribution is 2.47. The number of aliphatic hydroxyl groups excluding tert-OH is 2. The average Bonchev–Trinajstić information content (AvgIpc) is 3.16. The molecule has 0 bridgehead atoms. The Morgan fingerprint density at radius 1 is 1.27 bits per heavy atom. The molecule has 18 heteroatoms. The molecule has 1 fully saturated rings. The van der Waals surface area contributed by atoms with Crippen molar-refractivity contribution in [2.75, 3.05) is 31.3 Å². The molecule has 5 atom stereocenters. The van der Waals surface area contributed by atoms with E-state index in [9.17, 15) is 42.6 Å². The molecule has 1 saturated heterocycles. The molecule has 1 aromatic carbocycles. The number of carbonyl (C=O) groups excluding carboxylic acids is 1. The molecule has 1 unspecified atom stereocenters. The zero-order valence-electron chi connectivity index (χ0n) is 23.5. The molecule has 1 aromatic heterocycles. The SMILES string of the molecule is C.CC(C)(CO)C(=O)SCCOP(=O)(NCc1ccccc1C(F)(F)F)OC[C@H]1O[C@@H](n2ccc(N)nc2=O)[C@](C)(O)[C@@H]1O. The predicted octanol–water partition coefficient (Wildman–Crippen LogP) is 2.70.